The fraction of sp³-hybridized carbons (Fsp3) is 0.318. The van der Waals surface area contributed by atoms with Crippen molar-refractivity contribution in [1.82, 2.24) is 10.7 Å². The average Bonchev–Trinajstić information content (AvgIpc) is 2.78. The van der Waals surface area contributed by atoms with Gasteiger partial charge in [0.05, 0.1) is 27.0 Å². The SMILES string of the molecule is CCOc1cc(C=NNC(=O)CCCNC(=O)c2ccc(OC)c(OC)c2)ccc1O. The molecule has 9 heteroatoms. The van der Waals surface area contributed by atoms with Crippen LogP contribution >= 0.6 is 0 Å². The first-order valence-corrected chi connectivity index (χ1v) is 9.76. The summed E-state index contributed by atoms with van der Waals surface area (Å²) in [5, 5.41) is 16.3. The number of methoxy groups -OCH3 is 2. The van der Waals surface area contributed by atoms with Crippen LogP contribution in [0.5, 0.6) is 23.0 Å². The van der Waals surface area contributed by atoms with E-state index in [1.165, 1.54) is 26.5 Å². The van der Waals surface area contributed by atoms with E-state index in [1.807, 2.05) is 6.92 Å². The van der Waals surface area contributed by atoms with Crippen LogP contribution in [0.3, 0.4) is 0 Å². The number of benzene rings is 2. The highest BCUT2D eigenvalue weighted by molar-refractivity contribution is 5.94. The summed E-state index contributed by atoms with van der Waals surface area (Å²) < 4.78 is 15.6. The minimum absolute atomic E-state index is 0.0400. The lowest BCUT2D eigenvalue weighted by molar-refractivity contribution is -0.121. The molecule has 0 atom stereocenters. The van der Waals surface area contributed by atoms with E-state index in [0.717, 1.165) is 0 Å². The van der Waals surface area contributed by atoms with E-state index in [0.29, 0.717) is 47.9 Å². The number of aromatic hydroxyl groups is 1. The Balaban J connectivity index is 1.74. The Labute approximate surface area is 181 Å². The molecule has 0 saturated carbocycles. The van der Waals surface area contributed by atoms with Crippen LogP contribution in [-0.2, 0) is 4.79 Å². The van der Waals surface area contributed by atoms with Crippen molar-refractivity contribution in [2.45, 2.75) is 19.8 Å². The first-order chi connectivity index (χ1) is 15.0. The van der Waals surface area contributed by atoms with Crippen LogP contribution in [0.1, 0.15) is 35.7 Å². The maximum absolute atomic E-state index is 12.2. The number of amides is 2. The molecule has 0 radical (unpaired) electrons. The van der Waals surface area contributed by atoms with Gasteiger partial charge >= 0.3 is 0 Å². The summed E-state index contributed by atoms with van der Waals surface area (Å²) in [6.45, 7) is 2.57. The summed E-state index contributed by atoms with van der Waals surface area (Å²) in [5.74, 6) is 0.852. The van der Waals surface area contributed by atoms with Crippen molar-refractivity contribution in [2.24, 2.45) is 5.10 Å². The van der Waals surface area contributed by atoms with Gasteiger partial charge in [-0.15, -0.1) is 0 Å². The summed E-state index contributed by atoms with van der Waals surface area (Å²) in [6, 6.07) is 9.66. The normalized spacial score (nSPS) is 10.5. The second-order valence-electron chi connectivity index (χ2n) is 6.38. The van der Waals surface area contributed by atoms with Gasteiger partial charge in [0.15, 0.2) is 23.0 Å². The van der Waals surface area contributed by atoms with Gasteiger partial charge in [-0.2, -0.15) is 5.10 Å². The number of hydrogen-bond donors (Lipinski definition) is 3. The lowest BCUT2D eigenvalue weighted by Crippen LogP contribution is -2.26. The molecule has 0 aliphatic rings. The van der Waals surface area contributed by atoms with Gasteiger partial charge in [0, 0.05) is 18.5 Å². The third kappa shape index (κ3) is 7.22. The molecule has 2 aromatic rings. The van der Waals surface area contributed by atoms with Gasteiger partial charge in [-0.05, 0) is 55.3 Å². The van der Waals surface area contributed by atoms with Crippen molar-refractivity contribution in [3.05, 3.63) is 47.5 Å². The number of nitrogens with zero attached hydrogens (tertiary/aromatic N) is 1. The van der Waals surface area contributed by atoms with Gasteiger partial charge in [0.2, 0.25) is 5.91 Å². The number of hydrazone groups is 1. The van der Waals surface area contributed by atoms with Gasteiger partial charge < -0.3 is 24.6 Å². The molecule has 0 aliphatic heterocycles. The molecular formula is C22H27N3O6. The number of phenolic OH excluding ortho intramolecular Hbond substituents is 1. The number of nitrogens with one attached hydrogen (secondary N) is 2. The molecule has 2 amide bonds. The molecule has 9 nitrogen and oxygen atoms in total. The monoisotopic (exact) mass is 429 g/mol. The first kappa shape index (κ1) is 23.5. The molecule has 0 bridgehead atoms. The third-order valence-corrected chi connectivity index (χ3v) is 4.20. The van der Waals surface area contributed by atoms with Crippen molar-refractivity contribution in [1.29, 1.82) is 0 Å². The smallest absolute Gasteiger partial charge is 0.251 e. The van der Waals surface area contributed by atoms with Crippen molar-refractivity contribution in [3.63, 3.8) is 0 Å². The van der Waals surface area contributed by atoms with E-state index in [2.05, 4.69) is 15.8 Å². The van der Waals surface area contributed by atoms with Crippen LogP contribution in [0.2, 0.25) is 0 Å². The fourth-order valence-electron chi connectivity index (χ4n) is 2.65. The number of hydrogen-bond acceptors (Lipinski definition) is 7. The highest BCUT2D eigenvalue weighted by atomic mass is 16.5. The van der Waals surface area contributed by atoms with Crippen molar-refractivity contribution in [3.8, 4) is 23.0 Å². The average molecular weight is 429 g/mol. The predicted molar refractivity (Wildman–Crippen MR) is 116 cm³/mol. The van der Waals surface area contributed by atoms with Crippen molar-refractivity contribution < 1.29 is 28.9 Å². The van der Waals surface area contributed by atoms with Crippen molar-refractivity contribution >= 4 is 18.0 Å². The molecule has 3 N–H and O–H groups in total. The zero-order chi connectivity index (χ0) is 22.6. The van der Waals surface area contributed by atoms with E-state index in [9.17, 15) is 14.7 Å². The largest absolute Gasteiger partial charge is 0.504 e. The summed E-state index contributed by atoms with van der Waals surface area (Å²) >= 11 is 0. The first-order valence-electron chi connectivity index (χ1n) is 9.76. The minimum Gasteiger partial charge on any atom is -0.504 e. The lowest BCUT2D eigenvalue weighted by atomic mass is 10.2. The molecule has 31 heavy (non-hydrogen) atoms. The van der Waals surface area contributed by atoms with E-state index in [-0.39, 0.29) is 24.0 Å². The molecule has 0 aliphatic carbocycles. The van der Waals surface area contributed by atoms with E-state index >= 15 is 0 Å². The molecular weight excluding hydrogens is 402 g/mol. The number of ether oxygens (including phenoxy) is 3. The minimum atomic E-state index is -0.277. The fourth-order valence-corrected chi connectivity index (χ4v) is 2.65. The van der Waals surface area contributed by atoms with Crippen LogP contribution in [0.25, 0.3) is 0 Å². The van der Waals surface area contributed by atoms with Gasteiger partial charge in [0.1, 0.15) is 0 Å². The second-order valence-corrected chi connectivity index (χ2v) is 6.38. The molecule has 0 heterocycles. The highest BCUT2D eigenvalue weighted by Crippen LogP contribution is 2.27. The third-order valence-electron chi connectivity index (χ3n) is 4.20. The summed E-state index contributed by atoms with van der Waals surface area (Å²) in [5.41, 5.74) is 3.54. The van der Waals surface area contributed by atoms with Crippen molar-refractivity contribution in [2.75, 3.05) is 27.4 Å². The highest BCUT2D eigenvalue weighted by Gasteiger charge is 2.10. The standard InChI is InChI=1S/C22H27N3O6/c1-4-31-19-12-15(7-9-17(19)26)14-24-25-21(27)6-5-11-23-22(28)16-8-10-18(29-2)20(13-16)30-3/h7-10,12-14,26H,4-6,11H2,1-3H3,(H,23,28)(H,25,27). The Morgan fingerprint density at radius 2 is 1.84 bits per heavy atom. The number of carbonyl (C=O) groups excluding carboxylic acids is 2. The van der Waals surface area contributed by atoms with Gasteiger partial charge in [0.25, 0.3) is 5.91 Å². The molecule has 2 aromatic carbocycles. The Morgan fingerprint density at radius 3 is 2.55 bits per heavy atom. The molecule has 0 fully saturated rings. The van der Waals surface area contributed by atoms with Gasteiger partial charge in [-0.3, -0.25) is 9.59 Å². The second kappa shape index (κ2) is 12.1. The molecule has 0 spiro atoms. The molecule has 2 rings (SSSR count). The van der Waals surface area contributed by atoms with Crippen LogP contribution in [-0.4, -0.2) is 50.5 Å². The van der Waals surface area contributed by atoms with Crippen LogP contribution in [0, 0.1) is 0 Å². The van der Waals surface area contributed by atoms with Gasteiger partial charge in [-0.25, -0.2) is 5.43 Å². The number of phenols is 1. The zero-order valence-corrected chi connectivity index (χ0v) is 17.8. The van der Waals surface area contributed by atoms with E-state index in [1.54, 1.807) is 30.3 Å². The Morgan fingerprint density at radius 1 is 1.06 bits per heavy atom. The van der Waals surface area contributed by atoms with Crippen LogP contribution in [0.4, 0.5) is 0 Å². The maximum Gasteiger partial charge on any atom is 0.251 e. The van der Waals surface area contributed by atoms with E-state index < -0.39 is 0 Å². The topological polar surface area (TPSA) is 118 Å². The Bertz CT molecular complexity index is 929. The van der Waals surface area contributed by atoms with Crippen LogP contribution < -0.4 is 25.0 Å². The lowest BCUT2D eigenvalue weighted by Gasteiger charge is -2.10. The summed E-state index contributed by atoms with van der Waals surface area (Å²) in [6.07, 6.45) is 2.11. The molecule has 0 aromatic heterocycles. The summed E-state index contributed by atoms with van der Waals surface area (Å²) in [4.78, 5) is 24.1. The van der Waals surface area contributed by atoms with Gasteiger partial charge in [-0.1, -0.05) is 0 Å². The van der Waals surface area contributed by atoms with E-state index in [4.69, 9.17) is 14.2 Å². The number of carbonyl (C=O) groups is 2. The number of rotatable bonds is 11. The quantitative estimate of drug-likeness (QED) is 0.287. The predicted octanol–water partition coefficient (Wildman–Crippen LogP) is 2.47. The molecule has 0 unspecified atom stereocenters. The summed E-state index contributed by atoms with van der Waals surface area (Å²) in [7, 11) is 3.02. The Hall–Kier alpha value is -3.75. The Kier molecular flexibility index (Phi) is 9.15. The van der Waals surface area contributed by atoms with Crippen LogP contribution in [0.15, 0.2) is 41.5 Å². The maximum atomic E-state index is 12.2. The zero-order valence-electron chi connectivity index (χ0n) is 17.8. The molecule has 166 valence electrons. The molecule has 0 saturated heterocycles.